The highest BCUT2D eigenvalue weighted by atomic mass is 79.9. The molecule has 1 atom stereocenters. The quantitative estimate of drug-likeness (QED) is 0.455. The normalized spacial score (nSPS) is 13.0. The fourth-order valence-corrected chi connectivity index (χ4v) is 2.09. The van der Waals surface area contributed by atoms with Crippen LogP contribution >= 0.6 is 15.9 Å². The lowest BCUT2D eigenvalue weighted by atomic mass is 10.2. The van der Waals surface area contributed by atoms with Crippen molar-refractivity contribution in [1.82, 2.24) is 15.2 Å². The molecule has 0 saturated heterocycles. The van der Waals surface area contributed by atoms with Gasteiger partial charge in [-0.3, -0.25) is 10.5 Å². The zero-order valence-electron chi connectivity index (χ0n) is 9.74. The molecule has 0 saturated carbocycles. The number of aryl methyl sites for hydroxylation is 1. The summed E-state index contributed by atoms with van der Waals surface area (Å²) >= 11 is 3.47. The minimum absolute atomic E-state index is 0.0385. The van der Waals surface area contributed by atoms with Crippen molar-refractivity contribution in [3.8, 4) is 0 Å². The van der Waals surface area contributed by atoms with Gasteiger partial charge in [-0.15, -0.1) is 0 Å². The maximum absolute atomic E-state index is 5.55. The topological polar surface area (TPSA) is 65.1 Å². The van der Waals surface area contributed by atoms with Crippen molar-refractivity contribution in [2.75, 3.05) is 13.2 Å². The molecule has 0 spiro atoms. The largest absolute Gasteiger partial charge is 0.379 e. The SMILES string of the molecule is CCCOCC(NN)c1c(Br)cnn1CC. The van der Waals surface area contributed by atoms with Crippen LogP contribution in [-0.2, 0) is 11.3 Å². The van der Waals surface area contributed by atoms with Crippen molar-refractivity contribution in [1.29, 1.82) is 0 Å². The van der Waals surface area contributed by atoms with E-state index >= 15 is 0 Å². The van der Waals surface area contributed by atoms with Gasteiger partial charge >= 0.3 is 0 Å². The molecule has 6 heteroatoms. The second-order valence-corrected chi connectivity index (χ2v) is 4.34. The van der Waals surface area contributed by atoms with Gasteiger partial charge in [0.15, 0.2) is 0 Å². The summed E-state index contributed by atoms with van der Waals surface area (Å²) in [5.74, 6) is 5.55. The Bertz CT molecular complexity index is 316. The summed E-state index contributed by atoms with van der Waals surface area (Å²) in [5.41, 5.74) is 3.79. The van der Waals surface area contributed by atoms with Crippen molar-refractivity contribution in [3.63, 3.8) is 0 Å². The highest BCUT2D eigenvalue weighted by Crippen LogP contribution is 2.23. The molecule has 1 heterocycles. The molecular weight excluding hydrogens is 272 g/mol. The first-order valence-corrected chi connectivity index (χ1v) is 6.28. The number of hydrogen-bond donors (Lipinski definition) is 2. The molecule has 0 aliphatic carbocycles. The summed E-state index contributed by atoms with van der Waals surface area (Å²) in [4.78, 5) is 0. The Kier molecular flexibility index (Phi) is 5.97. The molecule has 1 unspecified atom stereocenters. The first-order chi connectivity index (χ1) is 7.74. The average Bonchev–Trinajstić information content (AvgIpc) is 2.66. The van der Waals surface area contributed by atoms with Crippen molar-refractivity contribution < 1.29 is 4.74 Å². The molecule has 0 aromatic carbocycles. The number of ether oxygens (including phenoxy) is 1. The highest BCUT2D eigenvalue weighted by molar-refractivity contribution is 9.10. The maximum Gasteiger partial charge on any atom is 0.0873 e. The molecule has 3 N–H and O–H groups in total. The second kappa shape index (κ2) is 7.01. The summed E-state index contributed by atoms with van der Waals surface area (Å²) < 4.78 is 8.37. The number of hydrogen-bond acceptors (Lipinski definition) is 4. The van der Waals surface area contributed by atoms with Gasteiger partial charge in [0.05, 0.1) is 29.0 Å². The summed E-state index contributed by atoms with van der Waals surface area (Å²) in [6.45, 7) is 6.23. The number of nitrogens with zero attached hydrogens (tertiary/aromatic N) is 2. The molecule has 0 aliphatic rings. The van der Waals surface area contributed by atoms with E-state index in [4.69, 9.17) is 10.6 Å². The Morgan fingerprint density at radius 2 is 2.38 bits per heavy atom. The molecule has 16 heavy (non-hydrogen) atoms. The highest BCUT2D eigenvalue weighted by Gasteiger charge is 2.18. The van der Waals surface area contributed by atoms with Crippen LogP contribution in [0, 0.1) is 0 Å². The van der Waals surface area contributed by atoms with Gasteiger partial charge in [-0.2, -0.15) is 5.10 Å². The lowest BCUT2D eigenvalue weighted by Gasteiger charge is -2.17. The van der Waals surface area contributed by atoms with E-state index < -0.39 is 0 Å². The number of hydrazine groups is 1. The average molecular weight is 291 g/mol. The fourth-order valence-electron chi connectivity index (χ4n) is 1.52. The van der Waals surface area contributed by atoms with E-state index in [-0.39, 0.29) is 6.04 Å². The predicted molar refractivity (Wildman–Crippen MR) is 66.8 cm³/mol. The maximum atomic E-state index is 5.55. The Labute approximate surface area is 104 Å². The van der Waals surface area contributed by atoms with Crippen LogP contribution in [0.5, 0.6) is 0 Å². The number of aromatic nitrogens is 2. The first-order valence-electron chi connectivity index (χ1n) is 5.49. The summed E-state index contributed by atoms with van der Waals surface area (Å²) in [5, 5.41) is 4.25. The first kappa shape index (κ1) is 13.6. The fraction of sp³-hybridized carbons (Fsp3) is 0.700. The van der Waals surface area contributed by atoms with Crippen LogP contribution in [0.4, 0.5) is 0 Å². The molecule has 0 fully saturated rings. The summed E-state index contributed by atoms with van der Waals surface area (Å²) in [6.07, 6.45) is 2.79. The molecule has 1 aromatic rings. The third kappa shape index (κ3) is 3.28. The lowest BCUT2D eigenvalue weighted by molar-refractivity contribution is 0.109. The molecule has 1 rings (SSSR count). The minimum Gasteiger partial charge on any atom is -0.379 e. The van der Waals surface area contributed by atoms with Gasteiger partial charge in [-0.25, -0.2) is 5.43 Å². The van der Waals surface area contributed by atoms with Gasteiger partial charge < -0.3 is 4.74 Å². The Morgan fingerprint density at radius 1 is 1.62 bits per heavy atom. The number of halogens is 1. The molecular formula is C10H19BrN4O. The van der Waals surface area contributed by atoms with Crippen LogP contribution in [0.3, 0.4) is 0 Å². The summed E-state index contributed by atoms with van der Waals surface area (Å²) in [6, 6.07) is -0.0385. The van der Waals surface area contributed by atoms with E-state index in [1.807, 2.05) is 11.6 Å². The second-order valence-electron chi connectivity index (χ2n) is 3.49. The van der Waals surface area contributed by atoms with Crippen molar-refractivity contribution >= 4 is 15.9 Å². The van der Waals surface area contributed by atoms with Crippen molar-refractivity contribution in [2.45, 2.75) is 32.9 Å². The number of nitrogens with two attached hydrogens (primary N) is 1. The third-order valence-corrected chi connectivity index (χ3v) is 2.91. The Morgan fingerprint density at radius 3 is 2.94 bits per heavy atom. The third-order valence-electron chi connectivity index (χ3n) is 2.30. The molecule has 5 nitrogen and oxygen atoms in total. The van der Waals surface area contributed by atoms with Gasteiger partial charge in [-0.1, -0.05) is 6.92 Å². The molecule has 0 amide bonds. The van der Waals surface area contributed by atoms with Crippen LogP contribution in [0.25, 0.3) is 0 Å². The van der Waals surface area contributed by atoms with E-state index in [0.717, 1.165) is 29.7 Å². The van der Waals surface area contributed by atoms with E-state index in [1.165, 1.54) is 0 Å². The zero-order chi connectivity index (χ0) is 12.0. The zero-order valence-corrected chi connectivity index (χ0v) is 11.3. The van der Waals surface area contributed by atoms with Gasteiger partial charge in [0.2, 0.25) is 0 Å². The molecule has 0 aliphatic heterocycles. The molecule has 0 radical (unpaired) electrons. The Balaban J connectivity index is 2.73. The molecule has 1 aromatic heterocycles. The van der Waals surface area contributed by atoms with E-state index in [1.54, 1.807) is 6.20 Å². The van der Waals surface area contributed by atoms with Gasteiger partial charge in [0.25, 0.3) is 0 Å². The van der Waals surface area contributed by atoms with Crippen molar-refractivity contribution in [2.24, 2.45) is 5.84 Å². The molecule has 92 valence electrons. The smallest absolute Gasteiger partial charge is 0.0873 e. The molecule has 0 bridgehead atoms. The van der Waals surface area contributed by atoms with Crippen LogP contribution in [0.1, 0.15) is 32.0 Å². The minimum atomic E-state index is -0.0385. The van der Waals surface area contributed by atoms with Crippen LogP contribution in [-0.4, -0.2) is 23.0 Å². The van der Waals surface area contributed by atoms with Gasteiger partial charge in [-0.05, 0) is 29.3 Å². The summed E-state index contributed by atoms with van der Waals surface area (Å²) in [7, 11) is 0. The van der Waals surface area contributed by atoms with Crippen LogP contribution in [0.2, 0.25) is 0 Å². The number of rotatable bonds is 7. The lowest BCUT2D eigenvalue weighted by Crippen LogP contribution is -2.33. The van der Waals surface area contributed by atoms with Crippen molar-refractivity contribution in [3.05, 3.63) is 16.4 Å². The van der Waals surface area contributed by atoms with E-state index in [9.17, 15) is 0 Å². The standard InChI is InChI=1S/C10H19BrN4O/c1-3-5-16-7-9(14-12)10-8(11)6-13-15(10)4-2/h6,9,14H,3-5,7,12H2,1-2H3. The van der Waals surface area contributed by atoms with E-state index in [2.05, 4.69) is 33.4 Å². The predicted octanol–water partition coefficient (Wildman–Crippen LogP) is 1.60. The number of nitrogens with one attached hydrogen (secondary N) is 1. The van der Waals surface area contributed by atoms with Crippen LogP contribution < -0.4 is 11.3 Å². The van der Waals surface area contributed by atoms with E-state index in [0.29, 0.717) is 6.61 Å². The van der Waals surface area contributed by atoms with Crippen LogP contribution in [0.15, 0.2) is 10.7 Å². The monoisotopic (exact) mass is 290 g/mol. The van der Waals surface area contributed by atoms with Gasteiger partial charge in [0.1, 0.15) is 0 Å². The Hall–Kier alpha value is -0.430. The van der Waals surface area contributed by atoms with Gasteiger partial charge in [0, 0.05) is 13.2 Å².